The summed E-state index contributed by atoms with van der Waals surface area (Å²) in [4.78, 5) is 28.6. The van der Waals surface area contributed by atoms with Gasteiger partial charge in [-0.05, 0) is 49.4 Å². The van der Waals surface area contributed by atoms with E-state index in [4.69, 9.17) is 5.26 Å². The zero-order valence-electron chi connectivity index (χ0n) is 16.8. The smallest absolute Gasteiger partial charge is 0.324 e. The van der Waals surface area contributed by atoms with Crippen LogP contribution in [0.5, 0.6) is 0 Å². The number of nitriles is 1. The molecule has 1 saturated heterocycles. The van der Waals surface area contributed by atoms with Crippen molar-refractivity contribution >= 4 is 23.2 Å². The Morgan fingerprint density at radius 2 is 1.90 bits per heavy atom. The number of nitrogens with one attached hydrogen (secondary N) is 1. The van der Waals surface area contributed by atoms with Gasteiger partial charge in [-0.25, -0.2) is 0 Å². The molecule has 3 rings (SSSR count). The number of hydrogen-bond acceptors (Lipinski definition) is 4. The van der Waals surface area contributed by atoms with E-state index in [1.54, 1.807) is 41.0 Å². The van der Waals surface area contributed by atoms with Crippen LogP contribution in [0.25, 0.3) is 0 Å². The maximum Gasteiger partial charge on any atom is 0.418 e. The number of halogens is 3. The molecule has 0 radical (unpaired) electrons. The van der Waals surface area contributed by atoms with Gasteiger partial charge in [-0.2, -0.15) is 18.4 Å². The van der Waals surface area contributed by atoms with E-state index in [1.165, 1.54) is 18.2 Å². The first-order valence-electron chi connectivity index (χ1n) is 9.76. The summed E-state index contributed by atoms with van der Waals surface area (Å²) < 4.78 is 39.4. The third-order valence-electron chi connectivity index (χ3n) is 5.19. The van der Waals surface area contributed by atoms with E-state index >= 15 is 0 Å². The summed E-state index contributed by atoms with van der Waals surface area (Å²) in [7, 11) is 0. The minimum atomic E-state index is -4.59. The van der Waals surface area contributed by atoms with Gasteiger partial charge in [0.2, 0.25) is 11.8 Å². The first-order valence-corrected chi connectivity index (χ1v) is 9.76. The summed E-state index contributed by atoms with van der Waals surface area (Å²) in [5, 5.41) is 11.2. The minimum absolute atomic E-state index is 0.185. The number of rotatable bonds is 6. The Morgan fingerprint density at radius 3 is 2.52 bits per heavy atom. The van der Waals surface area contributed by atoms with Gasteiger partial charge in [0.25, 0.3) is 0 Å². The van der Waals surface area contributed by atoms with Crippen molar-refractivity contribution < 1.29 is 22.8 Å². The van der Waals surface area contributed by atoms with Gasteiger partial charge in [-0.15, -0.1) is 0 Å². The van der Waals surface area contributed by atoms with Crippen LogP contribution in [-0.4, -0.2) is 42.4 Å². The lowest BCUT2D eigenvalue weighted by molar-refractivity contribution is -0.137. The second-order valence-corrected chi connectivity index (χ2v) is 7.11. The maximum atomic E-state index is 13.1. The van der Waals surface area contributed by atoms with Gasteiger partial charge in [-0.3, -0.25) is 14.5 Å². The third-order valence-corrected chi connectivity index (χ3v) is 5.19. The third kappa shape index (κ3) is 5.03. The molecule has 162 valence electrons. The van der Waals surface area contributed by atoms with Crippen molar-refractivity contribution in [1.82, 2.24) is 4.90 Å². The average Bonchev–Trinajstić information content (AvgIpc) is 3.13. The van der Waals surface area contributed by atoms with Crippen LogP contribution in [0.4, 0.5) is 24.5 Å². The lowest BCUT2D eigenvalue weighted by atomic mass is 10.1. The van der Waals surface area contributed by atoms with Crippen molar-refractivity contribution in [3.63, 3.8) is 0 Å². The van der Waals surface area contributed by atoms with Crippen molar-refractivity contribution in [2.24, 2.45) is 0 Å². The Kier molecular flexibility index (Phi) is 6.61. The molecule has 31 heavy (non-hydrogen) atoms. The summed E-state index contributed by atoms with van der Waals surface area (Å²) in [6.07, 6.45) is -4.10. The molecule has 2 aromatic carbocycles. The number of para-hydroxylation sites is 1. The van der Waals surface area contributed by atoms with Gasteiger partial charge in [0, 0.05) is 12.2 Å². The van der Waals surface area contributed by atoms with Crippen LogP contribution in [0.1, 0.15) is 24.5 Å². The van der Waals surface area contributed by atoms with E-state index < -0.39 is 23.7 Å². The Bertz CT molecular complexity index is 999. The van der Waals surface area contributed by atoms with E-state index in [0.717, 1.165) is 6.07 Å². The first-order chi connectivity index (χ1) is 14.7. The van der Waals surface area contributed by atoms with Crippen LogP contribution < -0.4 is 10.2 Å². The minimum Gasteiger partial charge on any atom is -0.324 e. The van der Waals surface area contributed by atoms with E-state index in [2.05, 4.69) is 5.32 Å². The molecular formula is C22H21F3N4O2. The molecule has 1 aliphatic rings. The summed E-state index contributed by atoms with van der Waals surface area (Å²) >= 11 is 0. The SMILES string of the molecule is CCN(CC(=O)Nc1ccccc1C(F)(F)F)C1CCN(c2ccc(C#N)cc2)C1=O. The number of benzene rings is 2. The molecule has 0 aromatic heterocycles. The van der Waals surface area contributed by atoms with Crippen LogP contribution >= 0.6 is 0 Å². The fourth-order valence-electron chi connectivity index (χ4n) is 3.63. The van der Waals surface area contributed by atoms with Crippen LogP contribution in [0.3, 0.4) is 0 Å². The summed E-state index contributed by atoms with van der Waals surface area (Å²) in [6.45, 7) is 2.41. The summed E-state index contributed by atoms with van der Waals surface area (Å²) in [5.74, 6) is -0.807. The number of amides is 2. The molecule has 1 unspecified atom stereocenters. The largest absolute Gasteiger partial charge is 0.418 e. The van der Waals surface area contributed by atoms with E-state index in [1.807, 2.05) is 6.07 Å². The molecule has 1 fully saturated rings. The molecule has 9 heteroatoms. The predicted octanol–water partition coefficient (Wildman–Crippen LogP) is 3.64. The van der Waals surface area contributed by atoms with E-state index in [0.29, 0.717) is 30.8 Å². The van der Waals surface area contributed by atoms with Gasteiger partial charge < -0.3 is 10.2 Å². The fourth-order valence-corrected chi connectivity index (χ4v) is 3.63. The molecule has 1 heterocycles. The quantitative estimate of drug-likeness (QED) is 0.759. The van der Waals surface area contributed by atoms with Crippen LogP contribution in [-0.2, 0) is 15.8 Å². The lowest BCUT2D eigenvalue weighted by Gasteiger charge is -2.26. The molecule has 0 aliphatic carbocycles. The summed E-state index contributed by atoms with van der Waals surface area (Å²) in [6, 6.07) is 12.9. The van der Waals surface area contributed by atoms with Crippen molar-refractivity contribution in [2.75, 3.05) is 29.9 Å². The fraction of sp³-hybridized carbons (Fsp3) is 0.318. The molecule has 6 nitrogen and oxygen atoms in total. The molecule has 1 atom stereocenters. The van der Waals surface area contributed by atoms with Gasteiger partial charge in [0.05, 0.1) is 35.5 Å². The van der Waals surface area contributed by atoms with Gasteiger partial charge in [0.1, 0.15) is 0 Å². The Labute approximate surface area is 177 Å². The molecule has 1 N–H and O–H groups in total. The number of anilines is 2. The molecular weight excluding hydrogens is 409 g/mol. The highest BCUT2D eigenvalue weighted by atomic mass is 19.4. The highest BCUT2D eigenvalue weighted by Gasteiger charge is 2.37. The Hall–Kier alpha value is -3.38. The molecule has 2 amide bonds. The average molecular weight is 430 g/mol. The zero-order chi connectivity index (χ0) is 22.6. The number of carbonyl (C=O) groups excluding carboxylic acids is 2. The molecule has 0 saturated carbocycles. The highest BCUT2D eigenvalue weighted by molar-refractivity contribution is 6.00. The van der Waals surface area contributed by atoms with Gasteiger partial charge >= 0.3 is 6.18 Å². The molecule has 2 aromatic rings. The Morgan fingerprint density at radius 1 is 1.23 bits per heavy atom. The second-order valence-electron chi connectivity index (χ2n) is 7.11. The number of nitrogens with zero attached hydrogens (tertiary/aromatic N) is 3. The standard InChI is InChI=1S/C22H21F3N4O2/c1-2-28(14-20(30)27-18-6-4-3-5-17(18)22(23,24)25)19-11-12-29(21(19)31)16-9-7-15(13-26)8-10-16/h3-10,19H,2,11-12,14H2,1H3,(H,27,30). The molecule has 0 bridgehead atoms. The monoisotopic (exact) mass is 430 g/mol. The van der Waals surface area contributed by atoms with E-state index in [-0.39, 0.29) is 18.1 Å². The predicted molar refractivity (Wildman–Crippen MR) is 109 cm³/mol. The van der Waals surface area contributed by atoms with Crippen LogP contribution in [0.2, 0.25) is 0 Å². The first kappa shape index (κ1) is 22.3. The second kappa shape index (κ2) is 9.18. The number of carbonyl (C=O) groups is 2. The van der Waals surface area contributed by atoms with Crippen molar-refractivity contribution in [3.8, 4) is 6.07 Å². The van der Waals surface area contributed by atoms with Gasteiger partial charge in [-0.1, -0.05) is 19.1 Å². The molecule has 0 spiro atoms. The number of hydrogen-bond donors (Lipinski definition) is 1. The van der Waals surface area contributed by atoms with Crippen molar-refractivity contribution in [2.45, 2.75) is 25.6 Å². The van der Waals surface area contributed by atoms with E-state index in [9.17, 15) is 22.8 Å². The molecule has 1 aliphatic heterocycles. The van der Waals surface area contributed by atoms with Crippen LogP contribution in [0, 0.1) is 11.3 Å². The topological polar surface area (TPSA) is 76.4 Å². The van der Waals surface area contributed by atoms with Gasteiger partial charge in [0.15, 0.2) is 0 Å². The maximum absolute atomic E-state index is 13.1. The lowest BCUT2D eigenvalue weighted by Crippen LogP contribution is -2.45. The van der Waals surface area contributed by atoms with Crippen LogP contribution in [0.15, 0.2) is 48.5 Å². The normalized spacial score (nSPS) is 16.5. The number of alkyl halides is 3. The van der Waals surface area contributed by atoms with Crippen molar-refractivity contribution in [1.29, 1.82) is 5.26 Å². The zero-order valence-corrected chi connectivity index (χ0v) is 16.8. The summed E-state index contributed by atoms with van der Waals surface area (Å²) in [5.41, 5.74) is -0.0904. The van der Waals surface area contributed by atoms with Crippen molar-refractivity contribution in [3.05, 3.63) is 59.7 Å². The number of likely N-dealkylation sites (N-methyl/N-ethyl adjacent to an activating group) is 1. The Balaban J connectivity index is 1.68. The highest BCUT2D eigenvalue weighted by Crippen LogP contribution is 2.34.